The number of nitrogens with zero attached hydrogens (tertiary/aromatic N) is 2. The molecular weight excluding hydrogens is 290 g/mol. The maximum atomic E-state index is 10.4. The topological polar surface area (TPSA) is 59.3 Å². The number of rotatable bonds is 6. The average Bonchev–Trinajstić information content (AvgIpc) is 2.66. The van der Waals surface area contributed by atoms with E-state index in [1.165, 1.54) is 0 Å². The Hall–Kier alpha value is -0.620. The van der Waals surface area contributed by atoms with Gasteiger partial charge in [-0.25, -0.2) is 0 Å². The minimum Gasteiger partial charge on any atom is -0.388 e. The molecule has 2 N–H and O–H groups in total. The smallest absolute Gasteiger partial charge is 0.131 e. The predicted molar refractivity (Wildman–Crippen MR) is 83.5 cm³/mol. The molecule has 6 heteroatoms. The highest BCUT2D eigenvalue weighted by Crippen LogP contribution is 2.22. The largest absolute Gasteiger partial charge is 0.388 e. The SMILES string of the molecule is Cc1nn(CC(C)C)c(Cl)c1CNCC1(O)CCOCC1. The monoisotopic (exact) mass is 315 g/mol. The highest BCUT2D eigenvalue weighted by atomic mass is 35.5. The standard InChI is InChI=1S/C15H26ClN3O2/c1-11(2)9-19-14(16)13(12(3)18-19)8-17-10-15(20)4-6-21-7-5-15/h11,17,20H,4-10H2,1-3H3. The van der Waals surface area contributed by atoms with Crippen molar-refractivity contribution in [1.82, 2.24) is 15.1 Å². The fourth-order valence-electron chi connectivity index (χ4n) is 2.61. The second-order valence-corrected chi connectivity index (χ2v) is 6.73. The molecule has 0 aromatic carbocycles. The van der Waals surface area contributed by atoms with E-state index in [2.05, 4.69) is 24.3 Å². The van der Waals surface area contributed by atoms with E-state index < -0.39 is 5.60 Å². The summed E-state index contributed by atoms with van der Waals surface area (Å²) < 4.78 is 7.15. The number of aryl methyl sites for hydroxylation is 1. The van der Waals surface area contributed by atoms with Crippen molar-refractivity contribution in [3.05, 3.63) is 16.4 Å². The molecule has 0 aliphatic carbocycles. The van der Waals surface area contributed by atoms with Gasteiger partial charge in [0.15, 0.2) is 0 Å². The van der Waals surface area contributed by atoms with Crippen molar-refractivity contribution >= 4 is 11.6 Å². The van der Waals surface area contributed by atoms with Gasteiger partial charge in [-0.3, -0.25) is 4.68 Å². The van der Waals surface area contributed by atoms with Gasteiger partial charge >= 0.3 is 0 Å². The van der Waals surface area contributed by atoms with Gasteiger partial charge in [-0.1, -0.05) is 25.4 Å². The molecule has 21 heavy (non-hydrogen) atoms. The van der Waals surface area contributed by atoms with Crippen LogP contribution in [-0.4, -0.2) is 40.2 Å². The minimum absolute atomic E-state index is 0.505. The molecule has 0 atom stereocenters. The molecule has 1 fully saturated rings. The van der Waals surface area contributed by atoms with E-state index in [0.717, 1.165) is 17.8 Å². The van der Waals surface area contributed by atoms with E-state index >= 15 is 0 Å². The third-order valence-electron chi connectivity index (χ3n) is 3.90. The summed E-state index contributed by atoms with van der Waals surface area (Å²) in [5.74, 6) is 0.505. The first-order valence-electron chi connectivity index (χ1n) is 7.64. The maximum Gasteiger partial charge on any atom is 0.131 e. The van der Waals surface area contributed by atoms with Crippen molar-refractivity contribution in [3.8, 4) is 0 Å². The molecule has 0 spiro atoms. The van der Waals surface area contributed by atoms with Crippen molar-refractivity contribution in [1.29, 1.82) is 0 Å². The molecular formula is C15H26ClN3O2. The Morgan fingerprint density at radius 2 is 2.10 bits per heavy atom. The Balaban J connectivity index is 1.92. The number of ether oxygens (including phenoxy) is 1. The zero-order valence-electron chi connectivity index (χ0n) is 13.2. The van der Waals surface area contributed by atoms with Gasteiger partial charge in [0.25, 0.3) is 0 Å². The molecule has 0 unspecified atom stereocenters. The van der Waals surface area contributed by atoms with Gasteiger partial charge in [0.2, 0.25) is 0 Å². The Bertz CT molecular complexity index is 468. The van der Waals surface area contributed by atoms with Gasteiger partial charge in [0.05, 0.1) is 11.3 Å². The van der Waals surface area contributed by atoms with Gasteiger partial charge < -0.3 is 15.2 Å². The number of aromatic nitrogens is 2. The molecule has 2 rings (SSSR count). The second kappa shape index (κ2) is 7.09. The summed E-state index contributed by atoms with van der Waals surface area (Å²) in [5, 5.41) is 18.9. The van der Waals surface area contributed by atoms with Crippen molar-refractivity contribution in [2.24, 2.45) is 5.92 Å². The van der Waals surface area contributed by atoms with Crippen molar-refractivity contribution in [2.75, 3.05) is 19.8 Å². The summed E-state index contributed by atoms with van der Waals surface area (Å²) >= 11 is 6.41. The molecule has 5 nitrogen and oxygen atoms in total. The molecule has 0 saturated carbocycles. The normalized spacial score (nSPS) is 18.4. The lowest BCUT2D eigenvalue weighted by Crippen LogP contribution is -2.44. The number of hydrogen-bond acceptors (Lipinski definition) is 4. The third kappa shape index (κ3) is 4.42. The molecule has 0 amide bonds. The summed E-state index contributed by atoms with van der Waals surface area (Å²) in [6.07, 6.45) is 1.36. The highest BCUT2D eigenvalue weighted by Gasteiger charge is 2.29. The van der Waals surface area contributed by atoms with E-state index in [1.54, 1.807) is 0 Å². The summed E-state index contributed by atoms with van der Waals surface area (Å²) in [6.45, 7) is 9.53. The van der Waals surface area contributed by atoms with E-state index in [4.69, 9.17) is 16.3 Å². The van der Waals surface area contributed by atoms with Crippen LogP contribution in [0, 0.1) is 12.8 Å². The van der Waals surface area contributed by atoms with E-state index in [1.807, 2.05) is 11.6 Å². The summed E-state index contributed by atoms with van der Waals surface area (Å²) in [6, 6.07) is 0. The second-order valence-electron chi connectivity index (χ2n) is 6.37. The summed E-state index contributed by atoms with van der Waals surface area (Å²) in [4.78, 5) is 0. The van der Waals surface area contributed by atoms with Crippen LogP contribution in [0.15, 0.2) is 0 Å². The first kappa shape index (κ1) is 16.7. The molecule has 120 valence electrons. The van der Waals surface area contributed by atoms with Crippen LogP contribution in [0.2, 0.25) is 5.15 Å². The lowest BCUT2D eigenvalue weighted by atomic mass is 9.94. The molecule has 1 aliphatic heterocycles. The van der Waals surface area contributed by atoms with Crippen LogP contribution < -0.4 is 5.32 Å². The zero-order chi connectivity index (χ0) is 15.5. The Kier molecular flexibility index (Phi) is 5.66. The number of hydrogen-bond donors (Lipinski definition) is 2. The zero-order valence-corrected chi connectivity index (χ0v) is 13.9. The lowest BCUT2D eigenvalue weighted by molar-refractivity contribution is -0.0617. The van der Waals surface area contributed by atoms with Crippen LogP contribution in [0.3, 0.4) is 0 Å². The van der Waals surface area contributed by atoms with E-state index in [-0.39, 0.29) is 0 Å². The summed E-state index contributed by atoms with van der Waals surface area (Å²) in [5.41, 5.74) is 1.31. The van der Waals surface area contributed by atoms with Crippen molar-refractivity contribution in [2.45, 2.75) is 52.3 Å². The Morgan fingerprint density at radius 1 is 1.43 bits per heavy atom. The Morgan fingerprint density at radius 3 is 2.71 bits per heavy atom. The predicted octanol–water partition coefficient (Wildman–Crippen LogP) is 2.13. The van der Waals surface area contributed by atoms with E-state index in [0.29, 0.717) is 50.2 Å². The molecule has 1 saturated heterocycles. The molecule has 2 heterocycles. The fourth-order valence-corrected chi connectivity index (χ4v) is 2.92. The quantitative estimate of drug-likeness (QED) is 0.844. The minimum atomic E-state index is -0.660. The molecule has 1 aromatic rings. The van der Waals surface area contributed by atoms with Gasteiger partial charge in [0.1, 0.15) is 5.15 Å². The summed E-state index contributed by atoms with van der Waals surface area (Å²) in [7, 11) is 0. The van der Waals surface area contributed by atoms with Crippen LogP contribution in [0.4, 0.5) is 0 Å². The van der Waals surface area contributed by atoms with Crippen molar-refractivity contribution in [3.63, 3.8) is 0 Å². The lowest BCUT2D eigenvalue weighted by Gasteiger charge is -2.32. The van der Waals surface area contributed by atoms with Crippen LogP contribution in [-0.2, 0) is 17.8 Å². The number of nitrogens with one attached hydrogen (secondary N) is 1. The van der Waals surface area contributed by atoms with Gasteiger partial charge in [-0.15, -0.1) is 0 Å². The van der Waals surface area contributed by atoms with Crippen molar-refractivity contribution < 1.29 is 9.84 Å². The molecule has 1 aromatic heterocycles. The highest BCUT2D eigenvalue weighted by molar-refractivity contribution is 6.30. The first-order valence-corrected chi connectivity index (χ1v) is 8.02. The fraction of sp³-hybridized carbons (Fsp3) is 0.800. The van der Waals surface area contributed by atoms with Crippen LogP contribution in [0.25, 0.3) is 0 Å². The molecule has 1 aliphatic rings. The molecule has 0 radical (unpaired) electrons. The maximum absolute atomic E-state index is 10.4. The van der Waals surface area contributed by atoms with Gasteiger partial charge in [0, 0.05) is 51.3 Å². The van der Waals surface area contributed by atoms with Gasteiger partial charge in [-0.2, -0.15) is 5.10 Å². The van der Waals surface area contributed by atoms with Crippen LogP contribution in [0.1, 0.15) is 37.9 Å². The van der Waals surface area contributed by atoms with E-state index in [9.17, 15) is 5.11 Å². The third-order valence-corrected chi connectivity index (χ3v) is 4.32. The number of halogens is 1. The Labute approximate surface area is 131 Å². The first-order chi connectivity index (χ1) is 9.91. The molecule has 0 bridgehead atoms. The van der Waals surface area contributed by atoms with Crippen LogP contribution in [0.5, 0.6) is 0 Å². The number of aliphatic hydroxyl groups is 1. The van der Waals surface area contributed by atoms with Crippen LogP contribution >= 0.6 is 11.6 Å². The van der Waals surface area contributed by atoms with Gasteiger partial charge in [-0.05, 0) is 12.8 Å². The average molecular weight is 316 g/mol.